The fraction of sp³-hybridized carbons (Fsp3) is 0.263. The van der Waals surface area contributed by atoms with Gasteiger partial charge >= 0.3 is 5.97 Å². The number of Topliss-reactive ketones (excluding diaryl/α,β-unsaturated/α-hetero) is 1. The van der Waals surface area contributed by atoms with Crippen molar-refractivity contribution in [2.45, 2.75) is 20.4 Å². The van der Waals surface area contributed by atoms with Crippen LogP contribution in [0.5, 0.6) is 5.75 Å². The monoisotopic (exact) mass is 370 g/mol. The van der Waals surface area contributed by atoms with E-state index in [0.717, 1.165) is 4.57 Å². The lowest BCUT2D eigenvalue weighted by molar-refractivity contribution is 0.0526. The highest BCUT2D eigenvalue weighted by Gasteiger charge is 2.24. The molecule has 0 aliphatic rings. The normalized spacial score (nSPS) is 10.8. The zero-order valence-electron chi connectivity index (χ0n) is 15.1. The minimum atomic E-state index is -0.662. The van der Waals surface area contributed by atoms with Crippen molar-refractivity contribution in [1.82, 2.24) is 9.55 Å². The van der Waals surface area contributed by atoms with Gasteiger partial charge in [0.25, 0.3) is 5.56 Å². The lowest BCUT2D eigenvalue weighted by Crippen LogP contribution is -2.25. The molecule has 0 N–H and O–H groups in total. The number of aryl methyl sites for hydroxylation is 1. The Morgan fingerprint density at radius 2 is 2.07 bits per heavy atom. The van der Waals surface area contributed by atoms with E-state index in [1.807, 2.05) is 0 Å². The summed E-state index contributed by atoms with van der Waals surface area (Å²) in [6.07, 6.45) is 1.22. The molecule has 0 saturated heterocycles. The lowest BCUT2D eigenvalue weighted by Gasteiger charge is -2.06. The highest BCUT2D eigenvalue weighted by molar-refractivity contribution is 6.03. The molecule has 0 saturated carbocycles. The van der Waals surface area contributed by atoms with Crippen molar-refractivity contribution in [3.05, 3.63) is 57.8 Å². The van der Waals surface area contributed by atoms with Gasteiger partial charge < -0.3 is 13.9 Å². The maximum Gasteiger partial charge on any atom is 0.342 e. The minimum absolute atomic E-state index is 0.00638. The van der Waals surface area contributed by atoms with Gasteiger partial charge in [0, 0.05) is 5.56 Å². The van der Waals surface area contributed by atoms with Crippen LogP contribution in [0.15, 0.2) is 39.8 Å². The van der Waals surface area contributed by atoms with Gasteiger partial charge in [-0.05, 0) is 26.0 Å². The molecule has 140 valence electrons. The molecule has 3 aromatic rings. The average Bonchev–Trinajstić information content (AvgIpc) is 3.01. The van der Waals surface area contributed by atoms with Crippen molar-refractivity contribution in [2.75, 3.05) is 13.7 Å². The number of benzene rings is 1. The molecule has 0 fully saturated rings. The smallest absolute Gasteiger partial charge is 0.342 e. The van der Waals surface area contributed by atoms with Crippen LogP contribution in [0.4, 0.5) is 0 Å². The largest absolute Gasteiger partial charge is 0.497 e. The number of carbonyl (C=O) groups excluding carboxylic acids is 2. The number of methoxy groups -OCH3 is 1. The number of aromatic nitrogens is 2. The molecule has 0 atom stereocenters. The molecular formula is C19H18N2O6. The Bertz CT molecular complexity index is 1080. The fourth-order valence-electron chi connectivity index (χ4n) is 2.74. The van der Waals surface area contributed by atoms with Crippen LogP contribution in [0.3, 0.4) is 0 Å². The second-order valence-corrected chi connectivity index (χ2v) is 5.77. The first-order valence-corrected chi connectivity index (χ1v) is 8.29. The van der Waals surface area contributed by atoms with Gasteiger partial charge in [0.2, 0.25) is 5.71 Å². The van der Waals surface area contributed by atoms with Crippen molar-refractivity contribution in [2.24, 2.45) is 0 Å². The number of ether oxygens (including phenoxy) is 2. The van der Waals surface area contributed by atoms with Gasteiger partial charge in [0.15, 0.2) is 5.78 Å². The van der Waals surface area contributed by atoms with Crippen molar-refractivity contribution in [3.63, 3.8) is 0 Å². The fourth-order valence-corrected chi connectivity index (χ4v) is 2.74. The molecule has 2 heterocycles. The Labute approximate surface area is 154 Å². The predicted octanol–water partition coefficient (Wildman–Crippen LogP) is 2.37. The maximum absolute atomic E-state index is 12.8. The van der Waals surface area contributed by atoms with Crippen LogP contribution in [-0.4, -0.2) is 35.0 Å². The summed E-state index contributed by atoms with van der Waals surface area (Å²) in [4.78, 5) is 41.6. The summed E-state index contributed by atoms with van der Waals surface area (Å²) >= 11 is 0. The minimum Gasteiger partial charge on any atom is -0.497 e. The summed E-state index contributed by atoms with van der Waals surface area (Å²) in [7, 11) is 1.50. The van der Waals surface area contributed by atoms with Gasteiger partial charge in [-0.15, -0.1) is 0 Å². The number of esters is 1. The van der Waals surface area contributed by atoms with Crippen molar-refractivity contribution >= 4 is 22.9 Å². The summed E-state index contributed by atoms with van der Waals surface area (Å²) in [5, 5.41) is 0.00638. The highest BCUT2D eigenvalue weighted by Crippen LogP contribution is 2.22. The van der Waals surface area contributed by atoms with Gasteiger partial charge in [-0.2, -0.15) is 0 Å². The molecule has 1 aromatic carbocycles. The molecule has 0 aliphatic heterocycles. The Balaban J connectivity index is 2.01. The number of fused-ring (bicyclic) bond motifs is 1. The van der Waals surface area contributed by atoms with Gasteiger partial charge in [0.05, 0.1) is 20.3 Å². The van der Waals surface area contributed by atoms with Crippen molar-refractivity contribution < 1.29 is 23.5 Å². The van der Waals surface area contributed by atoms with E-state index in [9.17, 15) is 14.4 Å². The van der Waals surface area contributed by atoms with Crippen LogP contribution in [0.25, 0.3) is 11.1 Å². The SMILES string of the molecule is CCOC(=O)c1c(C)oc2ncn(CC(=O)c3cccc(OC)c3)c(=O)c12. The lowest BCUT2D eigenvalue weighted by atomic mass is 10.1. The first-order valence-electron chi connectivity index (χ1n) is 8.29. The quantitative estimate of drug-likeness (QED) is 0.485. The number of hydrogen-bond donors (Lipinski definition) is 0. The van der Waals surface area contributed by atoms with Crippen molar-refractivity contribution in [1.29, 1.82) is 0 Å². The predicted molar refractivity (Wildman–Crippen MR) is 96.3 cm³/mol. The number of hydrogen-bond acceptors (Lipinski definition) is 7. The third-order valence-electron chi connectivity index (χ3n) is 4.04. The summed E-state index contributed by atoms with van der Waals surface area (Å²) in [6, 6.07) is 6.63. The second kappa shape index (κ2) is 7.45. The zero-order valence-corrected chi connectivity index (χ0v) is 15.1. The van der Waals surface area contributed by atoms with Gasteiger partial charge in [-0.3, -0.25) is 14.2 Å². The van der Waals surface area contributed by atoms with E-state index < -0.39 is 11.5 Å². The van der Waals surface area contributed by atoms with Crippen LogP contribution in [-0.2, 0) is 11.3 Å². The summed E-state index contributed by atoms with van der Waals surface area (Å²) in [5.41, 5.74) is -0.0790. The molecule has 3 rings (SSSR count). The molecule has 0 bridgehead atoms. The Kier molecular flexibility index (Phi) is 5.07. The molecule has 0 spiro atoms. The Morgan fingerprint density at radius 1 is 1.30 bits per heavy atom. The van der Waals surface area contributed by atoms with Gasteiger partial charge in [0.1, 0.15) is 28.8 Å². The van der Waals surface area contributed by atoms with E-state index in [2.05, 4.69) is 4.98 Å². The number of nitrogens with zero attached hydrogens (tertiary/aromatic N) is 2. The van der Waals surface area contributed by atoms with Gasteiger partial charge in [-0.25, -0.2) is 9.78 Å². The number of furan rings is 1. The van der Waals surface area contributed by atoms with Crippen LogP contribution in [0, 0.1) is 6.92 Å². The summed E-state index contributed by atoms with van der Waals surface area (Å²) < 4.78 is 16.6. The van der Waals surface area contributed by atoms with E-state index in [1.165, 1.54) is 13.4 Å². The first kappa shape index (κ1) is 18.4. The Hall–Kier alpha value is -3.42. The van der Waals surface area contributed by atoms with Crippen LogP contribution in [0.1, 0.15) is 33.4 Å². The number of rotatable bonds is 6. The second-order valence-electron chi connectivity index (χ2n) is 5.77. The maximum atomic E-state index is 12.8. The third kappa shape index (κ3) is 3.46. The van der Waals surface area contributed by atoms with Crippen molar-refractivity contribution in [3.8, 4) is 5.75 Å². The molecule has 8 heteroatoms. The van der Waals surface area contributed by atoms with Crippen LogP contribution in [0.2, 0.25) is 0 Å². The molecular weight excluding hydrogens is 352 g/mol. The van der Waals surface area contributed by atoms with E-state index in [0.29, 0.717) is 11.3 Å². The average molecular weight is 370 g/mol. The topological polar surface area (TPSA) is 101 Å². The van der Waals surface area contributed by atoms with Crippen LogP contribution >= 0.6 is 0 Å². The molecule has 27 heavy (non-hydrogen) atoms. The van der Waals surface area contributed by atoms with E-state index >= 15 is 0 Å². The zero-order chi connectivity index (χ0) is 19.6. The molecule has 0 aliphatic carbocycles. The number of ketones is 1. The summed E-state index contributed by atoms with van der Waals surface area (Å²) in [5.74, 6) is -0.179. The third-order valence-corrected chi connectivity index (χ3v) is 4.04. The highest BCUT2D eigenvalue weighted by atomic mass is 16.5. The molecule has 0 unspecified atom stereocenters. The number of carbonyl (C=O) groups is 2. The van der Waals surface area contributed by atoms with Gasteiger partial charge in [-0.1, -0.05) is 12.1 Å². The molecule has 2 aromatic heterocycles. The first-order chi connectivity index (χ1) is 13.0. The van der Waals surface area contributed by atoms with E-state index in [-0.39, 0.29) is 41.4 Å². The summed E-state index contributed by atoms with van der Waals surface area (Å²) in [6.45, 7) is 3.15. The van der Waals surface area contributed by atoms with Crippen LogP contribution < -0.4 is 10.3 Å². The van der Waals surface area contributed by atoms with E-state index in [1.54, 1.807) is 38.1 Å². The Morgan fingerprint density at radius 3 is 2.78 bits per heavy atom. The standard InChI is InChI=1S/C19H18N2O6/c1-4-26-19(24)15-11(2)27-17-16(15)18(23)21(10-20-17)9-14(22)12-6-5-7-13(8-12)25-3/h5-8,10H,4,9H2,1-3H3. The molecule has 0 amide bonds. The van der Waals surface area contributed by atoms with E-state index in [4.69, 9.17) is 13.9 Å². The molecule has 0 radical (unpaired) electrons. The molecule has 8 nitrogen and oxygen atoms in total.